The number of hydrogen-bond donors (Lipinski definition) is 2. The zero-order chi connectivity index (χ0) is 15.6. The van der Waals surface area contributed by atoms with E-state index in [9.17, 15) is 18.3 Å². The molecule has 0 amide bonds. The number of carboxylic acids is 1. The van der Waals surface area contributed by atoms with Crippen molar-refractivity contribution in [3.8, 4) is 5.75 Å². The van der Waals surface area contributed by atoms with Gasteiger partial charge in [0.05, 0.1) is 11.6 Å². The van der Waals surface area contributed by atoms with Gasteiger partial charge in [0.25, 0.3) is 0 Å². The van der Waals surface area contributed by atoms with E-state index >= 15 is 0 Å². The SMILES string of the molecule is CN(c1cccc(O)c1)S(=O)(=O)N1CCCC(C(=O)O)C1. The van der Waals surface area contributed by atoms with E-state index in [2.05, 4.69) is 0 Å². The van der Waals surface area contributed by atoms with Crippen molar-refractivity contribution in [3.05, 3.63) is 24.3 Å². The van der Waals surface area contributed by atoms with Gasteiger partial charge in [-0.1, -0.05) is 6.07 Å². The summed E-state index contributed by atoms with van der Waals surface area (Å²) in [7, 11) is -2.42. The predicted molar refractivity (Wildman–Crippen MR) is 77.4 cm³/mol. The minimum atomic E-state index is -3.81. The molecule has 8 heteroatoms. The molecule has 2 N–H and O–H groups in total. The Morgan fingerprint density at radius 3 is 2.76 bits per heavy atom. The number of hydrogen-bond acceptors (Lipinski definition) is 4. The van der Waals surface area contributed by atoms with Crippen molar-refractivity contribution in [3.63, 3.8) is 0 Å². The second kappa shape index (κ2) is 5.90. The average Bonchev–Trinajstić information content (AvgIpc) is 2.46. The number of aliphatic carboxylic acids is 1. The summed E-state index contributed by atoms with van der Waals surface area (Å²) in [6.07, 6.45) is 1.00. The number of phenols is 1. The largest absolute Gasteiger partial charge is 0.508 e. The number of piperidine rings is 1. The van der Waals surface area contributed by atoms with Crippen LogP contribution in [-0.4, -0.2) is 49.0 Å². The molecule has 1 atom stereocenters. The summed E-state index contributed by atoms with van der Waals surface area (Å²) in [6.45, 7) is 0.274. The van der Waals surface area contributed by atoms with E-state index in [0.717, 1.165) is 4.31 Å². The molecule has 0 aromatic heterocycles. The summed E-state index contributed by atoms with van der Waals surface area (Å²) in [5.41, 5.74) is 0.326. The summed E-state index contributed by atoms with van der Waals surface area (Å²) in [5.74, 6) is -1.68. The summed E-state index contributed by atoms with van der Waals surface area (Å²) < 4.78 is 27.3. The van der Waals surface area contributed by atoms with Crippen molar-refractivity contribution in [1.82, 2.24) is 4.31 Å². The number of rotatable bonds is 4. The van der Waals surface area contributed by atoms with E-state index in [0.29, 0.717) is 25.1 Å². The zero-order valence-corrected chi connectivity index (χ0v) is 12.5. The number of benzene rings is 1. The molecule has 1 saturated heterocycles. The van der Waals surface area contributed by atoms with E-state index < -0.39 is 22.1 Å². The van der Waals surface area contributed by atoms with Crippen LogP contribution < -0.4 is 4.31 Å². The Kier molecular flexibility index (Phi) is 4.38. The molecule has 1 heterocycles. The first kappa shape index (κ1) is 15.6. The zero-order valence-electron chi connectivity index (χ0n) is 11.6. The molecule has 21 heavy (non-hydrogen) atoms. The Balaban J connectivity index is 2.23. The number of carbonyl (C=O) groups is 1. The minimum Gasteiger partial charge on any atom is -0.508 e. The van der Waals surface area contributed by atoms with Crippen LogP contribution in [0.4, 0.5) is 5.69 Å². The molecule has 1 aromatic rings. The van der Waals surface area contributed by atoms with Gasteiger partial charge in [-0.05, 0) is 25.0 Å². The molecule has 1 fully saturated rings. The van der Waals surface area contributed by atoms with Gasteiger partial charge < -0.3 is 10.2 Å². The highest BCUT2D eigenvalue weighted by Crippen LogP contribution is 2.26. The summed E-state index contributed by atoms with van der Waals surface area (Å²) in [6, 6.07) is 5.91. The van der Waals surface area contributed by atoms with E-state index in [1.54, 1.807) is 12.1 Å². The average molecular weight is 314 g/mol. The van der Waals surface area contributed by atoms with Gasteiger partial charge in [-0.15, -0.1) is 0 Å². The van der Waals surface area contributed by atoms with E-state index in [1.165, 1.54) is 23.5 Å². The van der Waals surface area contributed by atoms with Crippen molar-refractivity contribution in [2.45, 2.75) is 12.8 Å². The number of phenolic OH excluding ortho intramolecular Hbond substituents is 1. The second-order valence-electron chi connectivity index (χ2n) is 5.03. The molecular formula is C13H18N2O5S. The Labute approximate surface area is 123 Å². The van der Waals surface area contributed by atoms with Gasteiger partial charge in [0.1, 0.15) is 5.75 Å². The highest BCUT2D eigenvalue weighted by Gasteiger charge is 2.34. The van der Waals surface area contributed by atoms with Crippen LogP contribution in [0.25, 0.3) is 0 Å². The molecule has 2 rings (SSSR count). The van der Waals surface area contributed by atoms with Crippen LogP contribution in [0.2, 0.25) is 0 Å². The minimum absolute atomic E-state index is 0.0270. The quantitative estimate of drug-likeness (QED) is 0.859. The van der Waals surface area contributed by atoms with E-state index in [1.807, 2.05) is 0 Å². The number of carboxylic acid groups (broad SMARTS) is 1. The lowest BCUT2D eigenvalue weighted by molar-refractivity contribution is -0.142. The van der Waals surface area contributed by atoms with Gasteiger partial charge in [0, 0.05) is 26.2 Å². The highest BCUT2D eigenvalue weighted by molar-refractivity contribution is 7.90. The monoisotopic (exact) mass is 314 g/mol. The summed E-state index contributed by atoms with van der Waals surface area (Å²) in [5, 5.41) is 18.5. The lowest BCUT2D eigenvalue weighted by Crippen LogP contribution is -2.48. The Bertz CT molecular complexity index is 631. The van der Waals surface area contributed by atoms with Crippen LogP contribution in [0, 0.1) is 5.92 Å². The maximum Gasteiger partial charge on any atom is 0.307 e. The first-order valence-corrected chi connectivity index (χ1v) is 7.98. The molecule has 0 saturated carbocycles. The van der Waals surface area contributed by atoms with Crippen LogP contribution >= 0.6 is 0 Å². The Morgan fingerprint density at radius 1 is 1.43 bits per heavy atom. The predicted octanol–water partition coefficient (Wildman–Crippen LogP) is 0.870. The van der Waals surface area contributed by atoms with Gasteiger partial charge in [-0.2, -0.15) is 12.7 Å². The first-order chi connectivity index (χ1) is 9.82. The van der Waals surface area contributed by atoms with Gasteiger partial charge in [0.15, 0.2) is 0 Å². The van der Waals surface area contributed by atoms with Crippen molar-refractivity contribution in [2.24, 2.45) is 5.92 Å². The first-order valence-electron chi connectivity index (χ1n) is 6.58. The molecule has 1 aliphatic heterocycles. The maximum atomic E-state index is 12.5. The van der Waals surface area contributed by atoms with Gasteiger partial charge in [-0.3, -0.25) is 9.10 Å². The molecule has 0 spiro atoms. The van der Waals surface area contributed by atoms with E-state index in [4.69, 9.17) is 5.11 Å². The number of nitrogens with zero attached hydrogens (tertiary/aromatic N) is 2. The van der Waals surface area contributed by atoms with Gasteiger partial charge in [-0.25, -0.2) is 0 Å². The fourth-order valence-electron chi connectivity index (χ4n) is 2.35. The van der Waals surface area contributed by atoms with Crippen LogP contribution in [-0.2, 0) is 15.0 Å². The smallest absolute Gasteiger partial charge is 0.307 e. The van der Waals surface area contributed by atoms with Crippen molar-refractivity contribution < 1.29 is 23.4 Å². The number of anilines is 1. The standard InChI is InChI=1S/C13H18N2O5S/c1-14(11-5-2-6-12(16)8-11)21(19,20)15-7-3-4-10(9-15)13(17)18/h2,5-6,8,10,16H,3-4,7,9H2,1H3,(H,17,18). The molecule has 1 unspecified atom stereocenters. The van der Waals surface area contributed by atoms with Crippen LogP contribution in [0.5, 0.6) is 5.75 Å². The fraction of sp³-hybridized carbons (Fsp3) is 0.462. The summed E-state index contributed by atoms with van der Waals surface area (Å²) >= 11 is 0. The number of aromatic hydroxyl groups is 1. The van der Waals surface area contributed by atoms with Crippen LogP contribution in [0.15, 0.2) is 24.3 Å². The molecule has 7 nitrogen and oxygen atoms in total. The molecule has 1 aromatic carbocycles. The van der Waals surface area contributed by atoms with Crippen LogP contribution in [0.1, 0.15) is 12.8 Å². The van der Waals surface area contributed by atoms with Crippen molar-refractivity contribution >= 4 is 21.9 Å². The third-order valence-corrected chi connectivity index (χ3v) is 5.49. The summed E-state index contributed by atoms with van der Waals surface area (Å²) in [4.78, 5) is 11.0. The highest BCUT2D eigenvalue weighted by atomic mass is 32.2. The van der Waals surface area contributed by atoms with Crippen molar-refractivity contribution in [1.29, 1.82) is 0 Å². The molecule has 1 aliphatic rings. The van der Waals surface area contributed by atoms with Gasteiger partial charge >= 0.3 is 16.2 Å². The third kappa shape index (κ3) is 3.27. The van der Waals surface area contributed by atoms with Crippen LogP contribution in [0.3, 0.4) is 0 Å². The Hall–Kier alpha value is -1.80. The molecule has 0 aliphatic carbocycles. The topological polar surface area (TPSA) is 98.2 Å². The lowest BCUT2D eigenvalue weighted by atomic mass is 10.0. The fourth-order valence-corrected chi connectivity index (χ4v) is 3.80. The maximum absolute atomic E-state index is 12.5. The molecular weight excluding hydrogens is 296 g/mol. The van der Waals surface area contributed by atoms with Gasteiger partial charge in [0.2, 0.25) is 0 Å². The molecule has 0 radical (unpaired) electrons. The second-order valence-corrected chi connectivity index (χ2v) is 6.99. The lowest BCUT2D eigenvalue weighted by Gasteiger charge is -2.33. The van der Waals surface area contributed by atoms with Crippen molar-refractivity contribution in [2.75, 3.05) is 24.4 Å². The molecule has 116 valence electrons. The third-order valence-electron chi connectivity index (χ3n) is 3.60. The molecule has 0 bridgehead atoms. The Morgan fingerprint density at radius 2 is 2.14 bits per heavy atom. The normalized spacial score (nSPS) is 20.1. The van der Waals surface area contributed by atoms with E-state index in [-0.39, 0.29) is 12.3 Å².